The summed E-state index contributed by atoms with van der Waals surface area (Å²) < 4.78 is 5.41. The molecule has 8 heteroatoms. The van der Waals surface area contributed by atoms with Gasteiger partial charge < -0.3 is 20.3 Å². The summed E-state index contributed by atoms with van der Waals surface area (Å²) in [6.45, 7) is 6.21. The summed E-state index contributed by atoms with van der Waals surface area (Å²) in [5, 5.41) is 6.41. The molecule has 0 saturated carbocycles. The quantitative estimate of drug-likeness (QED) is 0.270. The number of carbonyl (C=O) groups is 2. The zero-order valence-corrected chi connectivity index (χ0v) is 24.1. The molecule has 4 rings (SSSR count). The number of unbranched alkanes of at least 4 members (excludes halogenated alkanes) is 1. The highest BCUT2D eigenvalue weighted by Crippen LogP contribution is 2.36. The summed E-state index contributed by atoms with van der Waals surface area (Å²) >= 11 is 5.87. The van der Waals surface area contributed by atoms with Crippen molar-refractivity contribution in [2.24, 2.45) is 0 Å². The Morgan fingerprint density at radius 3 is 2.23 bits per heavy atom. The van der Waals surface area contributed by atoms with Gasteiger partial charge in [-0.1, -0.05) is 30.7 Å². The number of piperidine rings is 1. The van der Waals surface area contributed by atoms with Crippen molar-refractivity contribution >= 4 is 41.5 Å². The first-order valence-corrected chi connectivity index (χ1v) is 13.6. The highest BCUT2D eigenvalue weighted by molar-refractivity contribution is 6.30. The minimum absolute atomic E-state index is 0. The largest absolute Gasteiger partial charge is 0.497 e. The van der Waals surface area contributed by atoms with Gasteiger partial charge in [-0.05, 0) is 117 Å². The van der Waals surface area contributed by atoms with Gasteiger partial charge in [0, 0.05) is 28.4 Å². The summed E-state index contributed by atoms with van der Waals surface area (Å²) in [6.07, 6.45) is 4.25. The van der Waals surface area contributed by atoms with E-state index in [9.17, 15) is 9.59 Å². The highest BCUT2D eigenvalue weighted by atomic mass is 35.5. The third-order valence-corrected chi connectivity index (χ3v) is 7.68. The Bertz CT molecular complexity index is 1220. The molecule has 1 fully saturated rings. The van der Waals surface area contributed by atoms with Crippen LogP contribution in [0.25, 0.3) is 0 Å². The average molecular weight is 571 g/mol. The molecule has 0 unspecified atom stereocenters. The zero-order chi connectivity index (χ0) is 27.0. The molecule has 1 aliphatic heterocycles. The molecule has 3 aromatic rings. The lowest BCUT2D eigenvalue weighted by Gasteiger charge is -2.40. The van der Waals surface area contributed by atoms with Gasteiger partial charge in [-0.15, -0.1) is 12.4 Å². The van der Waals surface area contributed by atoms with Crippen molar-refractivity contribution in [2.75, 3.05) is 38.6 Å². The van der Waals surface area contributed by atoms with Gasteiger partial charge in [0.15, 0.2) is 0 Å². The van der Waals surface area contributed by atoms with E-state index in [-0.39, 0.29) is 29.6 Å². The molecule has 0 spiro atoms. The topological polar surface area (TPSA) is 70.7 Å². The van der Waals surface area contributed by atoms with E-state index in [0.29, 0.717) is 28.4 Å². The van der Waals surface area contributed by atoms with E-state index in [0.717, 1.165) is 51.1 Å². The van der Waals surface area contributed by atoms with Crippen LogP contribution < -0.4 is 15.4 Å². The Kier molecular flexibility index (Phi) is 11.2. The number of nitrogens with one attached hydrogen (secondary N) is 2. The lowest BCUT2D eigenvalue weighted by atomic mass is 9.74. The van der Waals surface area contributed by atoms with Crippen molar-refractivity contribution < 1.29 is 14.3 Å². The summed E-state index contributed by atoms with van der Waals surface area (Å²) in [5.74, 6) is 0.593. The van der Waals surface area contributed by atoms with E-state index >= 15 is 0 Å². The van der Waals surface area contributed by atoms with Crippen LogP contribution in [0, 0.1) is 0 Å². The molecule has 3 aromatic carbocycles. The Labute approximate surface area is 242 Å². The maximum atomic E-state index is 12.5. The molecule has 0 radical (unpaired) electrons. The van der Waals surface area contributed by atoms with E-state index in [1.165, 1.54) is 5.56 Å². The van der Waals surface area contributed by atoms with E-state index in [1.807, 2.05) is 6.07 Å². The molecular weight excluding hydrogens is 533 g/mol. The normalized spacial score (nSPS) is 14.6. The van der Waals surface area contributed by atoms with Gasteiger partial charge in [-0.2, -0.15) is 0 Å². The van der Waals surface area contributed by atoms with Crippen LogP contribution in [-0.2, 0) is 5.41 Å². The fourth-order valence-corrected chi connectivity index (χ4v) is 4.96. The molecule has 1 heterocycles. The minimum Gasteiger partial charge on any atom is -0.497 e. The lowest BCUT2D eigenvalue weighted by Crippen LogP contribution is -2.41. The number of amides is 2. The standard InChI is InChI=1S/C31H36ClN3O3.ClH/c1-31(25-6-5-7-28(22-25)38-2)16-20-35(21-17-31)19-4-3-18-33-29(36)23-10-14-27(15-11-23)34-30(37)24-8-12-26(32)13-9-24;/h5-15,22H,3-4,16-21H2,1-2H3,(H,33,36)(H,34,37);1H. The molecule has 6 nitrogen and oxygen atoms in total. The molecule has 1 aliphatic rings. The summed E-state index contributed by atoms with van der Waals surface area (Å²) in [5.41, 5.74) is 3.27. The van der Waals surface area contributed by atoms with E-state index < -0.39 is 0 Å². The van der Waals surface area contributed by atoms with Gasteiger partial charge in [-0.25, -0.2) is 0 Å². The number of hydrogen-bond acceptors (Lipinski definition) is 4. The van der Waals surface area contributed by atoms with Gasteiger partial charge in [0.2, 0.25) is 0 Å². The molecule has 2 N–H and O–H groups in total. The van der Waals surface area contributed by atoms with Crippen molar-refractivity contribution in [2.45, 2.75) is 38.0 Å². The third-order valence-electron chi connectivity index (χ3n) is 7.42. The molecule has 208 valence electrons. The molecule has 0 aliphatic carbocycles. The second kappa shape index (κ2) is 14.4. The smallest absolute Gasteiger partial charge is 0.255 e. The van der Waals surface area contributed by atoms with Crippen molar-refractivity contribution in [3.05, 3.63) is 94.5 Å². The van der Waals surface area contributed by atoms with E-state index in [1.54, 1.807) is 55.6 Å². The number of rotatable bonds is 10. The van der Waals surface area contributed by atoms with Crippen LogP contribution in [0.3, 0.4) is 0 Å². The van der Waals surface area contributed by atoms with Crippen LogP contribution in [0.2, 0.25) is 5.02 Å². The SMILES string of the molecule is COc1cccc(C2(C)CCN(CCCCNC(=O)c3ccc(NC(=O)c4ccc(Cl)cc4)cc3)CC2)c1.Cl. The molecular formula is C31H37Cl2N3O3. The fraction of sp³-hybridized carbons (Fsp3) is 0.355. The fourth-order valence-electron chi connectivity index (χ4n) is 4.83. The molecule has 2 amide bonds. The average Bonchev–Trinajstić information content (AvgIpc) is 2.94. The number of anilines is 1. The molecule has 39 heavy (non-hydrogen) atoms. The van der Waals surface area contributed by atoms with Crippen molar-refractivity contribution in [1.29, 1.82) is 0 Å². The molecule has 0 atom stereocenters. The number of carbonyl (C=O) groups excluding carboxylic acids is 2. The van der Waals surface area contributed by atoms with Crippen LogP contribution in [0.5, 0.6) is 5.75 Å². The van der Waals surface area contributed by atoms with Crippen LogP contribution in [0.1, 0.15) is 58.9 Å². The van der Waals surface area contributed by atoms with Gasteiger partial charge in [0.1, 0.15) is 5.75 Å². The number of hydrogen-bond donors (Lipinski definition) is 2. The van der Waals surface area contributed by atoms with E-state index in [2.05, 4.69) is 40.7 Å². The van der Waals surface area contributed by atoms with Crippen molar-refractivity contribution in [3.63, 3.8) is 0 Å². The lowest BCUT2D eigenvalue weighted by molar-refractivity contribution is 0.0951. The molecule has 1 saturated heterocycles. The Hall–Kier alpha value is -3.06. The van der Waals surface area contributed by atoms with Crippen molar-refractivity contribution in [3.8, 4) is 5.75 Å². The molecule has 0 bridgehead atoms. The highest BCUT2D eigenvalue weighted by Gasteiger charge is 2.31. The van der Waals surface area contributed by atoms with Gasteiger partial charge in [0.25, 0.3) is 11.8 Å². The van der Waals surface area contributed by atoms with E-state index in [4.69, 9.17) is 16.3 Å². The second-order valence-corrected chi connectivity index (χ2v) is 10.6. The zero-order valence-electron chi connectivity index (χ0n) is 22.5. The number of halogens is 2. The maximum Gasteiger partial charge on any atom is 0.255 e. The first kappa shape index (κ1) is 30.5. The number of methoxy groups -OCH3 is 1. The number of likely N-dealkylation sites (tertiary alicyclic amines) is 1. The summed E-state index contributed by atoms with van der Waals surface area (Å²) in [6, 6.07) is 22.1. The third kappa shape index (κ3) is 8.46. The Morgan fingerprint density at radius 1 is 0.923 bits per heavy atom. The predicted octanol–water partition coefficient (Wildman–Crippen LogP) is 6.59. The second-order valence-electron chi connectivity index (χ2n) is 10.1. The molecule has 0 aromatic heterocycles. The summed E-state index contributed by atoms with van der Waals surface area (Å²) in [7, 11) is 1.72. The van der Waals surface area contributed by atoms with Gasteiger partial charge in [0.05, 0.1) is 7.11 Å². The Morgan fingerprint density at radius 2 is 1.56 bits per heavy atom. The van der Waals surface area contributed by atoms with Crippen LogP contribution in [0.15, 0.2) is 72.8 Å². The van der Waals surface area contributed by atoms with Crippen LogP contribution in [0.4, 0.5) is 5.69 Å². The number of ether oxygens (including phenoxy) is 1. The summed E-state index contributed by atoms with van der Waals surface area (Å²) in [4.78, 5) is 27.4. The predicted molar refractivity (Wildman–Crippen MR) is 161 cm³/mol. The van der Waals surface area contributed by atoms with Crippen LogP contribution in [-0.4, -0.2) is 50.0 Å². The first-order valence-electron chi connectivity index (χ1n) is 13.2. The maximum absolute atomic E-state index is 12.5. The van der Waals surface area contributed by atoms with Crippen molar-refractivity contribution in [1.82, 2.24) is 10.2 Å². The monoisotopic (exact) mass is 569 g/mol. The van der Waals surface area contributed by atoms with Gasteiger partial charge in [-0.3, -0.25) is 9.59 Å². The van der Waals surface area contributed by atoms with Crippen LogP contribution >= 0.6 is 24.0 Å². The first-order chi connectivity index (χ1) is 18.4. The van der Waals surface area contributed by atoms with Gasteiger partial charge >= 0.3 is 0 Å². The Balaban J connectivity index is 0.00000420. The minimum atomic E-state index is -0.225. The number of benzene rings is 3. The number of nitrogens with zero attached hydrogens (tertiary/aromatic N) is 1.